The molecule has 2 saturated heterocycles. The van der Waals surface area contributed by atoms with Gasteiger partial charge in [0.15, 0.2) is 0 Å². The molecule has 1 unspecified atom stereocenters. The molecule has 0 saturated carbocycles. The summed E-state index contributed by atoms with van der Waals surface area (Å²) in [6.45, 7) is 1.93. The average molecular weight is 428 g/mol. The summed E-state index contributed by atoms with van der Waals surface area (Å²) in [5.41, 5.74) is 6.47. The fourth-order valence-electron chi connectivity index (χ4n) is 4.38. The van der Waals surface area contributed by atoms with Gasteiger partial charge in [0, 0.05) is 38.5 Å². The Bertz CT molecular complexity index is 884. The van der Waals surface area contributed by atoms with Crippen molar-refractivity contribution in [2.45, 2.75) is 50.6 Å². The van der Waals surface area contributed by atoms with Crippen LogP contribution in [0.1, 0.15) is 59.2 Å². The molecule has 0 aliphatic carbocycles. The van der Waals surface area contributed by atoms with Crippen LogP contribution < -0.4 is 15.8 Å². The minimum atomic E-state index is -0.391. The number of hydrogen-bond donors (Lipinski definition) is 2. The summed E-state index contributed by atoms with van der Waals surface area (Å²) in [5.74, 6) is -0.374. The van der Waals surface area contributed by atoms with Gasteiger partial charge in [0.25, 0.3) is 11.8 Å². The van der Waals surface area contributed by atoms with Crippen molar-refractivity contribution in [3.8, 4) is 5.75 Å². The van der Waals surface area contributed by atoms with Crippen molar-refractivity contribution in [1.29, 1.82) is 0 Å². The summed E-state index contributed by atoms with van der Waals surface area (Å²) in [5, 5.41) is 2.71. The maximum Gasteiger partial charge on any atom is 0.265 e. The summed E-state index contributed by atoms with van der Waals surface area (Å²) < 4.78 is 5.81. The molecule has 1 aromatic rings. The van der Waals surface area contributed by atoms with E-state index in [1.165, 1.54) is 4.90 Å². The number of amides is 4. The van der Waals surface area contributed by atoms with Crippen LogP contribution in [-0.4, -0.2) is 71.8 Å². The second-order valence-corrected chi connectivity index (χ2v) is 8.33. The Balaban J connectivity index is 1.34. The van der Waals surface area contributed by atoms with Crippen LogP contribution in [0.25, 0.3) is 0 Å². The summed E-state index contributed by atoms with van der Waals surface area (Å²) in [6, 6.07) is 4.80. The fourth-order valence-corrected chi connectivity index (χ4v) is 4.38. The zero-order valence-electron chi connectivity index (χ0n) is 17.5. The molecule has 4 amide bonds. The summed E-state index contributed by atoms with van der Waals surface area (Å²) in [7, 11) is 0. The largest absolute Gasteiger partial charge is 0.493 e. The van der Waals surface area contributed by atoms with Crippen LogP contribution in [0.4, 0.5) is 0 Å². The van der Waals surface area contributed by atoms with Crippen molar-refractivity contribution in [2.24, 2.45) is 5.73 Å². The Morgan fingerprint density at radius 3 is 2.61 bits per heavy atom. The van der Waals surface area contributed by atoms with Gasteiger partial charge in [0.05, 0.1) is 23.8 Å². The third-order valence-corrected chi connectivity index (χ3v) is 6.20. The van der Waals surface area contributed by atoms with Crippen molar-refractivity contribution in [3.63, 3.8) is 0 Å². The number of nitrogens with one attached hydrogen (secondary N) is 1. The minimum absolute atomic E-state index is 0.0705. The maximum absolute atomic E-state index is 13.0. The van der Waals surface area contributed by atoms with Crippen LogP contribution in [-0.2, 0) is 9.59 Å². The Kier molecular flexibility index (Phi) is 6.22. The number of ether oxygens (including phenoxy) is 1. The van der Waals surface area contributed by atoms with Gasteiger partial charge in [-0.05, 0) is 37.8 Å². The van der Waals surface area contributed by atoms with E-state index in [1.807, 2.05) is 4.90 Å². The molecule has 3 N–H and O–H groups in total. The van der Waals surface area contributed by atoms with Crippen molar-refractivity contribution in [2.75, 3.05) is 26.2 Å². The molecule has 166 valence electrons. The Morgan fingerprint density at radius 1 is 1.13 bits per heavy atom. The van der Waals surface area contributed by atoms with Crippen molar-refractivity contribution >= 4 is 23.6 Å². The van der Waals surface area contributed by atoms with Gasteiger partial charge in [-0.25, -0.2) is 0 Å². The number of likely N-dealkylation sites (tertiary alicyclic amines) is 1. The molecule has 1 atom stereocenters. The lowest BCUT2D eigenvalue weighted by atomic mass is 10.1. The molecule has 3 aliphatic rings. The first-order valence-corrected chi connectivity index (χ1v) is 10.9. The molecule has 0 spiro atoms. The number of fused-ring (bicyclic) bond motifs is 1. The number of carbonyl (C=O) groups is 4. The highest BCUT2D eigenvalue weighted by molar-refractivity contribution is 6.22. The average Bonchev–Trinajstić information content (AvgIpc) is 3.03. The smallest absolute Gasteiger partial charge is 0.265 e. The molecule has 1 aromatic carbocycles. The van der Waals surface area contributed by atoms with Crippen molar-refractivity contribution in [3.05, 3.63) is 29.3 Å². The first-order chi connectivity index (χ1) is 15.0. The third kappa shape index (κ3) is 4.41. The van der Waals surface area contributed by atoms with E-state index < -0.39 is 5.91 Å². The highest BCUT2D eigenvalue weighted by Gasteiger charge is 2.42. The molecule has 2 fully saturated rings. The number of nitrogens with two attached hydrogens (primary N) is 1. The Labute approximate surface area is 180 Å². The second kappa shape index (κ2) is 9.05. The van der Waals surface area contributed by atoms with E-state index >= 15 is 0 Å². The molecule has 4 rings (SSSR count). The fraction of sp³-hybridized carbons (Fsp3) is 0.545. The Morgan fingerprint density at radius 2 is 1.90 bits per heavy atom. The number of hydrogen-bond acceptors (Lipinski definition) is 6. The molecular weight excluding hydrogens is 400 g/mol. The molecule has 3 aliphatic heterocycles. The number of imide groups is 1. The van der Waals surface area contributed by atoms with Crippen LogP contribution in [0.3, 0.4) is 0 Å². The van der Waals surface area contributed by atoms with Crippen molar-refractivity contribution < 1.29 is 23.9 Å². The van der Waals surface area contributed by atoms with Gasteiger partial charge in [0.1, 0.15) is 5.75 Å². The van der Waals surface area contributed by atoms with E-state index in [9.17, 15) is 19.2 Å². The number of nitrogens with zero attached hydrogens (tertiary/aromatic N) is 2. The van der Waals surface area contributed by atoms with Crippen LogP contribution in [0.5, 0.6) is 5.75 Å². The van der Waals surface area contributed by atoms with Gasteiger partial charge >= 0.3 is 0 Å². The summed E-state index contributed by atoms with van der Waals surface area (Å²) in [6.07, 6.45) is 3.29. The minimum Gasteiger partial charge on any atom is -0.493 e. The van der Waals surface area contributed by atoms with Gasteiger partial charge in [0.2, 0.25) is 11.8 Å². The monoisotopic (exact) mass is 428 g/mol. The van der Waals surface area contributed by atoms with Gasteiger partial charge < -0.3 is 20.7 Å². The first kappa shape index (κ1) is 21.3. The van der Waals surface area contributed by atoms with Gasteiger partial charge in [-0.15, -0.1) is 0 Å². The van der Waals surface area contributed by atoms with E-state index in [0.29, 0.717) is 50.1 Å². The van der Waals surface area contributed by atoms with E-state index in [1.54, 1.807) is 18.2 Å². The topological polar surface area (TPSA) is 122 Å². The lowest BCUT2D eigenvalue weighted by molar-refractivity contribution is -0.132. The Hall–Kier alpha value is -2.94. The number of rotatable bonds is 6. The molecule has 3 heterocycles. The maximum atomic E-state index is 13.0. The van der Waals surface area contributed by atoms with E-state index in [4.69, 9.17) is 10.5 Å². The van der Waals surface area contributed by atoms with Crippen LogP contribution in [0, 0.1) is 0 Å². The van der Waals surface area contributed by atoms with Crippen molar-refractivity contribution in [1.82, 2.24) is 15.1 Å². The zero-order chi connectivity index (χ0) is 22.0. The quantitative estimate of drug-likeness (QED) is 0.507. The molecule has 0 bridgehead atoms. The van der Waals surface area contributed by atoms with E-state index in [-0.39, 0.29) is 48.5 Å². The van der Waals surface area contributed by atoms with Crippen LogP contribution in [0.15, 0.2) is 18.2 Å². The summed E-state index contributed by atoms with van der Waals surface area (Å²) in [4.78, 5) is 52.7. The normalized spacial score (nSPS) is 21.8. The lowest BCUT2D eigenvalue weighted by Crippen LogP contribution is -2.50. The highest BCUT2D eigenvalue weighted by atomic mass is 16.5. The van der Waals surface area contributed by atoms with E-state index in [2.05, 4.69) is 5.32 Å². The first-order valence-electron chi connectivity index (χ1n) is 10.9. The summed E-state index contributed by atoms with van der Waals surface area (Å²) >= 11 is 0. The zero-order valence-corrected chi connectivity index (χ0v) is 17.5. The van der Waals surface area contributed by atoms with Gasteiger partial charge in [-0.1, -0.05) is 6.07 Å². The molecule has 31 heavy (non-hydrogen) atoms. The molecule has 0 aromatic heterocycles. The van der Waals surface area contributed by atoms with Crippen LogP contribution >= 0.6 is 0 Å². The van der Waals surface area contributed by atoms with Crippen LogP contribution in [0.2, 0.25) is 0 Å². The molecule has 0 radical (unpaired) electrons. The SMILES string of the molecule is NC1CCN(C(=O)CCCOc2cccc3c2C(=O)N(C2CCC(=O)NC2)C3=O)CC1. The molecule has 9 nitrogen and oxygen atoms in total. The number of benzene rings is 1. The van der Waals surface area contributed by atoms with Gasteiger partial charge in [-0.2, -0.15) is 0 Å². The number of carbonyl (C=O) groups excluding carboxylic acids is 4. The number of piperidine rings is 2. The van der Waals surface area contributed by atoms with E-state index in [0.717, 1.165) is 12.8 Å². The van der Waals surface area contributed by atoms with Gasteiger partial charge in [-0.3, -0.25) is 24.1 Å². The lowest BCUT2D eigenvalue weighted by Gasteiger charge is -2.30. The predicted octanol–water partition coefficient (Wildman–Crippen LogP) is 0.670. The molecule has 9 heteroatoms. The third-order valence-electron chi connectivity index (χ3n) is 6.20. The highest BCUT2D eigenvalue weighted by Crippen LogP contribution is 2.33. The second-order valence-electron chi connectivity index (χ2n) is 8.33. The standard InChI is InChI=1S/C22H28N4O5/c23-14-8-10-25(11-9-14)19(28)5-2-12-31-17-4-1-3-16-20(17)22(30)26(21(16)29)15-6-7-18(27)24-13-15/h1,3-4,14-15H,2,5-13,23H2,(H,24,27). The molecular formula is C22H28N4O5. The predicted molar refractivity (Wildman–Crippen MR) is 111 cm³/mol.